The molecule has 1 amide bonds. The highest BCUT2D eigenvalue weighted by molar-refractivity contribution is 6.30. The van der Waals surface area contributed by atoms with Crippen molar-refractivity contribution in [3.8, 4) is 0 Å². The van der Waals surface area contributed by atoms with Crippen LogP contribution in [0.15, 0.2) is 90.0 Å². The average Bonchev–Trinajstić information content (AvgIpc) is 3.51. The highest BCUT2D eigenvalue weighted by Crippen LogP contribution is 2.58. The number of benzene rings is 3. The number of halogens is 1. The zero-order valence-electron chi connectivity index (χ0n) is 15.6. The monoisotopic (exact) mass is 388 g/mol. The zero-order valence-corrected chi connectivity index (χ0v) is 16.4. The predicted octanol–water partition coefficient (Wildman–Crippen LogP) is 5.19. The molecule has 1 aliphatic rings. The minimum Gasteiger partial charge on any atom is -0.273 e. The second-order valence-electron chi connectivity index (χ2n) is 7.14. The summed E-state index contributed by atoms with van der Waals surface area (Å²) in [5.41, 5.74) is 6.49. The summed E-state index contributed by atoms with van der Waals surface area (Å²) in [7, 11) is 0. The van der Waals surface area contributed by atoms with Crippen molar-refractivity contribution in [3.63, 3.8) is 0 Å². The third-order valence-electron chi connectivity index (χ3n) is 5.45. The van der Waals surface area contributed by atoms with Crippen molar-refractivity contribution in [3.05, 3.63) is 107 Å². The van der Waals surface area contributed by atoms with E-state index in [0.717, 1.165) is 17.7 Å². The Kier molecular flexibility index (Phi) is 5.01. The molecule has 4 rings (SSSR count). The average molecular weight is 389 g/mol. The van der Waals surface area contributed by atoms with Crippen molar-refractivity contribution < 1.29 is 4.79 Å². The Morgan fingerprint density at radius 3 is 2.00 bits per heavy atom. The predicted molar refractivity (Wildman–Crippen MR) is 114 cm³/mol. The van der Waals surface area contributed by atoms with Crippen LogP contribution in [0.5, 0.6) is 0 Å². The number of carbonyl (C=O) groups excluding carboxylic acids is 1. The molecule has 0 aliphatic heterocycles. The lowest BCUT2D eigenvalue weighted by atomic mass is 9.85. The number of hydrogen-bond acceptors (Lipinski definition) is 2. The van der Waals surface area contributed by atoms with E-state index >= 15 is 0 Å². The van der Waals surface area contributed by atoms with Crippen LogP contribution >= 0.6 is 11.6 Å². The molecule has 0 aromatic heterocycles. The SMILES string of the molecule is CC(=NNC(=O)[C@H]1CC1(c1ccccc1)c1ccccc1)c1ccc(Cl)cc1. The maximum Gasteiger partial charge on any atom is 0.244 e. The minimum absolute atomic E-state index is 0.0546. The van der Waals surface area contributed by atoms with Gasteiger partial charge in [0.05, 0.1) is 11.6 Å². The lowest BCUT2D eigenvalue weighted by Gasteiger charge is -2.18. The van der Waals surface area contributed by atoms with Crippen molar-refractivity contribution in [2.75, 3.05) is 0 Å². The van der Waals surface area contributed by atoms with Crippen LogP contribution in [0.2, 0.25) is 5.02 Å². The molecule has 1 aliphatic carbocycles. The van der Waals surface area contributed by atoms with Gasteiger partial charge in [-0.3, -0.25) is 4.79 Å². The van der Waals surface area contributed by atoms with Gasteiger partial charge < -0.3 is 0 Å². The normalized spacial score (nSPS) is 17.8. The molecule has 3 aromatic rings. The largest absolute Gasteiger partial charge is 0.273 e. The Hall–Kier alpha value is -2.91. The van der Waals surface area contributed by atoms with Gasteiger partial charge in [0.1, 0.15) is 0 Å². The molecular weight excluding hydrogens is 368 g/mol. The zero-order chi connectivity index (χ0) is 19.6. The van der Waals surface area contributed by atoms with Gasteiger partial charge in [0, 0.05) is 10.4 Å². The van der Waals surface area contributed by atoms with E-state index in [1.165, 1.54) is 11.1 Å². The molecule has 1 N–H and O–H groups in total. The van der Waals surface area contributed by atoms with E-state index in [1.54, 1.807) is 0 Å². The van der Waals surface area contributed by atoms with Crippen molar-refractivity contribution in [2.45, 2.75) is 18.8 Å². The summed E-state index contributed by atoms with van der Waals surface area (Å²) < 4.78 is 0. The van der Waals surface area contributed by atoms with Crippen LogP contribution in [-0.2, 0) is 10.2 Å². The van der Waals surface area contributed by atoms with Crippen molar-refractivity contribution in [1.82, 2.24) is 5.43 Å². The minimum atomic E-state index is -0.281. The second kappa shape index (κ2) is 7.61. The van der Waals surface area contributed by atoms with E-state index in [1.807, 2.05) is 67.6 Å². The lowest BCUT2D eigenvalue weighted by molar-refractivity contribution is -0.122. The first-order valence-electron chi connectivity index (χ1n) is 9.32. The molecule has 3 aromatic carbocycles. The van der Waals surface area contributed by atoms with Crippen molar-refractivity contribution >= 4 is 23.2 Å². The molecule has 3 nitrogen and oxygen atoms in total. The number of amides is 1. The van der Waals surface area contributed by atoms with Gasteiger partial charge in [-0.25, -0.2) is 5.43 Å². The molecule has 0 spiro atoms. The maximum absolute atomic E-state index is 12.9. The van der Waals surface area contributed by atoms with E-state index in [2.05, 4.69) is 34.8 Å². The molecule has 140 valence electrons. The van der Waals surface area contributed by atoms with E-state index in [9.17, 15) is 4.79 Å². The van der Waals surface area contributed by atoms with Crippen LogP contribution < -0.4 is 5.43 Å². The van der Waals surface area contributed by atoms with Crippen molar-refractivity contribution in [2.24, 2.45) is 11.0 Å². The highest BCUT2D eigenvalue weighted by atomic mass is 35.5. The Morgan fingerprint density at radius 2 is 1.46 bits per heavy atom. The summed E-state index contributed by atoms with van der Waals surface area (Å²) in [6, 6.07) is 27.9. The first kappa shape index (κ1) is 18.5. The number of hydrogen-bond donors (Lipinski definition) is 1. The molecule has 0 bridgehead atoms. The fraction of sp³-hybridized carbons (Fsp3) is 0.167. The molecule has 0 unspecified atom stereocenters. The van der Waals surface area contributed by atoms with Gasteiger partial charge in [-0.05, 0) is 42.2 Å². The quantitative estimate of drug-likeness (QED) is 0.474. The Bertz CT molecular complexity index is 958. The van der Waals surface area contributed by atoms with Crippen LogP contribution in [0, 0.1) is 5.92 Å². The van der Waals surface area contributed by atoms with Crippen LogP contribution in [0.1, 0.15) is 30.0 Å². The van der Waals surface area contributed by atoms with Crippen LogP contribution in [0.25, 0.3) is 0 Å². The van der Waals surface area contributed by atoms with Gasteiger partial charge in [0.2, 0.25) is 5.91 Å². The van der Waals surface area contributed by atoms with E-state index in [-0.39, 0.29) is 17.2 Å². The number of rotatable bonds is 5. The third kappa shape index (κ3) is 3.46. The summed E-state index contributed by atoms with van der Waals surface area (Å²) >= 11 is 5.93. The van der Waals surface area contributed by atoms with Gasteiger partial charge in [-0.2, -0.15) is 5.10 Å². The smallest absolute Gasteiger partial charge is 0.244 e. The lowest BCUT2D eigenvalue weighted by Crippen LogP contribution is -2.26. The maximum atomic E-state index is 12.9. The molecule has 1 saturated carbocycles. The van der Waals surface area contributed by atoms with Crippen molar-refractivity contribution in [1.29, 1.82) is 0 Å². The first-order valence-corrected chi connectivity index (χ1v) is 9.70. The summed E-state index contributed by atoms with van der Waals surface area (Å²) in [6.45, 7) is 1.87. The molecule has 28 heavy (non-hydrogen) atoms. The van der Waals surface area contributed by atoms with Gasteiger partial charge in [-0.1, -0.05) is 84.4 Å². The summed E-state index contributed by atoms with van der Waals surface area (Å²) in [5.74, 6) is -0.194. The van der Waals surface area contributed by atoms with E-state index in [4.69, 9.17) is 11.6 Å². The van der Waals surface area contributed by atoms with Crippen LogP contribution in [-0.4, -0.2) is 11.6 Å². The van der Waals surface area contributed by atoms with Gasteiger partial charge >= 0.3 is 0 Å². The summed E-state index contributed by atoms with van der Waals surface area (Å²) in [6.07, 6.45) is 0.780. The fourth-order valence-corrected chi connectivity index (χ4v) is 3.95. The number of nitrogens with zero attached hydrogens (tertiary/aromatic N) is 1. The molecule has 0 radical (unpaired) electrons. The summed E-state index contributed by atoms with van der Waals surface area (Å²) in [4.78, 5) is 12.9. The third-order valence-corrected chi connectivity index (χ3v) is 5.70. The Labute approximate surface area is 170 Å². The highest BCUT2D eigenvalue weighted by Gasteiger charge is 2.60. The van der Waals surface area contributed by atoms with E-state index < -0.39 is 0 Å². The van der Waals surface area contributed by atoms with Gasteiger partial charge in [0.15, 0.2) is 0 Å². The number of hydrazone groups is 1. The number of nitrogens with one attached hydrogen (secondary N) is 1. The number of carbonyl (C=O) groups is 1. The Balaban J connectivity index is 1.56. The Morgan fingerprint density at radius 1 is 0.929 bits per heavy atom. The molecule has 1 fully saturated rings. The van der Waals surface area contributed by atoms with Gasteiger partial charge in [0.25, 0.3) is 0 Å². The standard InChI is InChI=1S/C24H21ClN2O/c1-17(18-12-14-21(25)15-13-18)26-27-23(28)22-16-24(22,19-8-4-2-5-9-19)20-10-6-3-7-11-20/h2-15,22H,16H2,1H3,(H,27,28)/t22-/m1/s1. The topological polar surface area (TPSA) is 41.5 Å². The molecule has 0 saturated heterocycles. The first-order chi connectivity index (χ1) is 13.6. The molecular formula is C24H21ClN2O. The molecule has 0 heterocycles. The van der Waals surface area contributed by atoms with E-state index in [0.29, 0.717) is 5.02 Å². The summed E-state index contributed by atoms with van der Waals surface area (Å²) in [5, 5.41) is 4.99. The van der Waals surface area contributed by atoms with Gasteiger partial charge in [-0.15, -0.1) is 0 Å². The molecule has 1 atom stereocenters. The molecule has 4 heteroatoms. The fourth-order valence-electron chi connectivity index (χ4n) is 3.83. The van der Waals surface area contributed by atoms with Crippen LogP contribution in [0.3, 0.4) is 0 Å². The second-order valence-corrected chi connectivity index (χ2v) is 7.58. The van der Waals surface area contributed by atoms with Crippen LogP contribution in [0.4, 0.5) is 0 Å².